The van der Waals surface area contributed by atoms with E-state index in [-0.39, 0.29) is 5.91 Å². The standard InChI is InChI=1S/C17H18N4OS/c1-12-4-6-13(7-5-12)11-16-19-15(20-21-16)8-9-18-17(22)14-3-2-10-23-14/h2-7,10H,8-9,11H2,1H3,(H,18,22)(H,19,20,21). The maximum absolute atomic E-state index is 11.8. The lowest BCUT2D eigenvalue weighted by Crippen LogP contribution is -2.25. The monoisotopic (exact) mass is 326 g/mol. The van der Waals surface area contributed by atoms with Gasteiger partial charge in [0.05, 0.1) is 4.88 Å². The molecule has 3 rings (SSSR count). The molecule has 0 atom stereocenters. The molecule has 0 spiro atoms. The molecule has 0 fully saturated rings. The number of nitrogens with zero attached hydrogens (tertiary/aromatic N) is 2. The molecule has 3 aromatic rings. The number of benzene rings is 1. The normalized spacial score (nSPS) is 10.7. The number of thiophene rings is 1. The number of carbonyl (C=O) groups is 1. The summed E-state index contributed by atoms with van der Waals surface area (Å²) >= 11 is 1.43. The van der Waals surface area contributed by atoms with E-state index in [9.17, 15) is 4.79 Å². The zero-order valence-electron chi connectivity index (χ0n) is 12.9. The van der Waals surface area contributed by atoms with Gasteiger partial charge in [-0.1, -0.05) is 35.9 Å². The van der Waals surface area contributed by atoms with Crippen LogP contribution in [0.4, 0.5) is 0 Å². The summed E-state index contributed by atoms with van der Waals surface area (Å²) < 4.78 is 0. The Morgan fingerprint density at radius 2 is 2.09 bits per heavy atom. The summed E-state index contributed by atoms with van der Waals surface area (Å²) in [5, 5.41) is 11.9. The molecule has 0 aliphatic rings. The van der Waals surface area contributed by atoms with Crippen LogP contribution in [0, 0.1) is 6.92 Å². The van der Waals surface area contributed by atoms with E-state index in [1.807, 2.05) is 17.5 Å². The molecule has 0 aliphatic carbocycles. The summed E-state index contributed by atoms with van der Waals surface area (Å²) in [6.45, 7) is 2.60. The number of H-pyrrole nitrogens is 1. The molecule has 23 heavy (non-hydrogen) atoms. The SMILES string of the molecule is Cc1ccc(Cc2nc(CCNC(=O)c3cccs3)n[nH]2)cc1. The first-order chi connectivity index (χ1) is 11.2. The number of hydrogen-bond donors (Lipinski definition) is 2. The molecular weight excluding hydrogens is 308 g/mol. The number of aryl methyl sites for hydroxylation is 1. The number of amides is 1. The predicted molar refractivity (Wildman–Crippen MR) is 90.7 cm³/mol. The Balaban J connectivity index is 1.49. The largest absolute Gasteiger partial charge is 0.351 e. The van der Waals surface area contributed by atoms with Crippen molar-refractivity contribution in [1.29, 1.82) is 0 Å². The van der Waals surface area contributed by atoms with Crippen LogP contribution >= 0.6 is 11.3 Å². The second kappa shape index (κ2) is 7.19. The zero-order chi connectivity index (χ0) is 16.1. The van der Waals surface area contributed by atoms with Crippen LogP contribution in [0.5, 0.6) is 0 Å². The Labute approximate surface area is 138 Å². The molecule has 1 aromatic carbocycles. The van der Waals surface area contributed by atoms with Crippen molar-refractivity contribution in [2.24, 2.45) is 0 Å². The summed E-state index contributed by atoms with van der Waals surface area (Å²) in [6, 6.07) is 12.1. The third kappa shape index (κ3) is 4.26. The molecule has 0 aliphatic heterocycles. The molecule has 6 heteroatoms. The molecule has 2 N–H and O–H groups in total. The molecule has 118 valence electrons. The lowest BCUT2D eigenvalue weighted by molar-refractivity contribution is 0.0958. The maximum atomic E-state index is 11.8. The predicted octanol–water partition coefficient (Wildman–Crippen LogP) is 2.74. The third-order valence-corrected chi connectivity index (χ3v) is 4.32. The molecule has 5 nitrogen and oxygen atoms in total. The van der Waals surface area contributed by atoms with Crippen LogP contribution in [0.25, 0.3) is 0 Å². The van der Waals surface area contributed by atoms with Gasteiger partial charge in [0.2, 0.25) is 0 Å². The lowest BCUT2D eigenvalue weighted by atomic mass is 10.1. The van der Waals surface area contributed by atoms with Gasteiger partial charge in [-0.05, 0) is 23.9 Å². The highest BCUT2D eigenvalue weighted by molar-refractivity contribution is 7.12. The van der Waals surface area contributed by atoms with Crippen LogP contribution in [0.15, 0.2) is 41.8 Å². The van der Waals surface area contributed by atoms with Gasteiger partial charge in [-0.25, -0.2) is 4.98 Å². The number of carbonyl (C=O) groups excluding carboxylic acids is 1. The summed E-state index contributed by atoms with van der Waals surface area (Å²) in [6.07, 6.45) is 1.34. The summed E-state index contributed by atoms with van der Waals surface area (Å²) in [5.74, 6) is 1.52. The quantitative estimate of drug-likeness (QED) is 0.732. The molecule has 0 saturated carbocycles. The number of nitrogens with one attached hydrogen (secondary N) is 2. The minimum absolute atomic E-state index is 0.0459. The van der Waals surface area contributed by atoms with E-state index in [0.717, 1.165) is 22.9 Å². The van der Waals surface area contributed by atoms with Crippen LogP contribution in [0.2, 0.25) is 0 Å². The number of rotatable bonds is 6. The highest BCUT2D eigenvalue weighted by Crippen LogP contribution is 2.09. The van der Waals surface area contributed by atoms with Gasteiger partial charge in [-0.3, -0.25) is 9.89 Å². The topological polar surface area (TPSA) is 70.7 Å². The van der Waals surface area contributed by atoms with Gasteiger partial charge in [-0.15, -0.1) is 11.3 Å². The number of hydrogen-bond acceptors (Lipinski definition) is 4. The Bertz CT molecular complexity index is 762. The minimum Gasteiger partial charge on any atom is -0.351 e. The van der Waals surface area contributed by atoms with Crippen LogP contribution < -0.4 is 5.32 Å². The first-order valence-corrected chi connectivity index (χ1v) is 8.36. The van der Waals surface area contributed by atoms with Gasteiger partial charge in [0.1, 0.15) is 5.82 Å². The second-order valence-electron chi connectivity index (χ2n) is 5.34. The third-order valence-electron chi connectivity index (χ3n) is 3.45. The Hall–Kier alpha value is -2.47. The van der Waals surface area contributed by atoms with Crippen molar-refractivity contribution in [1.82, 2.24) is 20.5 Å². The van der Waals surface area contributed by atoms with Crippen LogP contribution in [-0.4, -0.2) is 27.6 Å². The van der Waals surface area contributed by atoms with Crippen molar-refractivity contribution >= 4 is 17.2 Å². The Morgan fingerprint density at radius 1 is 1.26 bits per heavy atom. The first-order valence-electron chi connectivity index (χ1n) is 7.48. The summed E-state index contributed by atoms with van der Waals surface area (Å²) in [4.78, 5) is 17.0. The van der Waals surface area contributed by atoms with Gasteiger partial charge in [-0.2, -0.15) is 5.10 Å². The van der Waals surface area contributed by atoms with Crippen LogP contribution in [-0.2, 0) is 12.8 Å². The fourth-order valence-corrected chi connectivity index (χ4v) is 2.85. The lowest BCUT2D eigenvalue weighted by Gasteiger charge is -2.00. The molecule has 0 unspecified atom stereocenters. The summed E-state index contributed by atoms with van der Waals surface area (Å²) in [5.41, 5.74) is 2.44. The first kappa shape index (κ1) is 15.4. The smallest absolute Gasteiger partial charge is 0.261 e. The van der Waals surface area contributed by atoms with E-state index in [1.54, 1.807) is 0 Å². The van der Waals surface area contributed by atoms with Crippen LogP contribution in [0.3, 0.4) is 0 Å². The van der Waals surface area contributed by atoms with Gasteiger partial charge >= 0.3 is 0 Å². The maximum Gasteiger partial charge on any atom is 0.261 e. The van der Waals surface area contributed by atoms with E-state index < -0.39 is 0 Å². The zero-order valence-corrected chi connectivity index (χ0v) is 13.7. The van der Waals surface area contributed by atoms with E-state index in [1.165, 1.54) is 22.5 Å². The molecule has 2 aromatic heterocycles. The average molecular weight is 326 g/mol. The Morgan fingerprint density at radius 3 is 2.83 bits per heavy atom. The fourth-order valence-electron chi connectivity index (χ4n) is 2.21. The van der Waals surface area contributed by atoms with Crippen molar-refractivity contribution in [2.45, 2.75) is 19.8 Å². The van der Waals surface area contributed by atoms with E-state index in [0.29, 0.717) is 13.0 Å². The molecule has 2 heterocycles. The summed E-state index contributed by atoms with van der Waals surface area (Å²) in [7, 11) is 0. The van der Waals surface area contributed by atoms with Gasteiger partial charge < -0.3 is 5.32 Å². The average Bonchev–Trinajstić information content (AvgIpc) is 3.21. The van der Waals surface area contributed by atoms with E-state index in [4.69, 9.17) is 0 Å². The highest BCUT2D eigenvalue weighted by atomic mass is 32.1. The molecular formula is C17H18N4OS. The molecule has 0 bridgehead atoms. The van der Waals surface area contributed by atoms with Gasteiger partial charge in [0.25, 0.3) is 5.91 Å². The van der Waals surface area contributed by atoms with Crippen molar-refractivity contribution in [2.75, 3.05) is 6.54 Å². The van der Waals surface area contributed by atoms with Crippen molar-refractivity contribution in [3.8, 4) is 0 Å². The van der Waals surface area contributed by atoms with Crippen molar-refractivity contribution in [3.63, 3.8) is 0 Å². The van der Waals surface area contributed by atoms with Crippen molar-refractivity contribution in [3.05, 3.63) is 69.4 Å². The van der Waals surface area contributed by atoms with E-state index >= 15 is 0 Å². The van der Waals surface area contributed by atoms with Gasteiger partial charge in [0, 0.05) is 19.4 Å². The highest BCUT2D eigenvalue weighted by Gasteiger charge is 2.07. The Kier molecular flexibility index (Phi) is 4.83. The fraction of sp³-hybridized carbons (Fsp3) is 0.235. The van der Waals surface area contributed by atoms with Crippen LogP contribution in [0.1, 0.15) is 32.4 Å². The van der Waals surface area contributed by atoms with E-state index in [2.05, 4.69) is 51.7 Å². The molecule has 0 saturated heterocycles. The second-order valence-corrected chi connectivity index (χ2v) is 6.29. The number of aromatic amines is 1. The molecule has 1 amide bonds. The molecule has 0 radical (unpaired) electrons. The number of aromatic nitrogens is 3. The van der Waals surface area contributed by atoms with Crippen molar-refractivity contribution < 1.29 is 4.79 Å². The van der Waals surface area contributed by atoms with Gasteiger partial charge in [0.15, 0.2) is 5.82 Å². The minimum atomic E-state index is -0.0459.